The number of ether oxygens (including phenoxy) is 4. The Morgan fingerprint density at radius 2 is 0.537 bits per heavy atom. The second-order valence-corrected chi connectivity index (χ2v) is 31.3. The average molecular weight is 1400 g/mol. The highest BCUT2D eigenvalue weighted by molar-refractivity contribution is 7.47. The molecule has 0 spiro atoms. The molecule has 17 nitrogen and oxygen atoms in total. The van der Waals surface area contributed by atoms with Gasteiger partial charge in [-0.15, -0.1) is 0 Å². The first kappa shape index (κ1) is 93.1. The number of hydrogen-bond donors (Lipinski definition) is 3. The van der Waals surface area contributed by atoms with E-state index >= 15 is 0 Å². The largest absolute Gasteiger partial charge is 0.472 e. The number of esters is 4. The van der Waals surface area contributed by atoms with Crippen LogP contribution in [0, 0.1) is 17.8 Å². The number of aliphatic hydroxyl groups is 1. The van der Waals surface area contributed by atoms with Crippen molar-refractivity contribution in [2.75, 3.05) is 39.6 Å². The maximum absolute atomic E-state index is 13.1. The molecule has 3 N–H and O–H groups in total. The Balaban J connectivity index is 5.22. The van der Waals surface area contributed by atoms with E-state index in [1.54, 1.807) is 0 Å². The second kappa shape index (κ2) is 66.6. The third-order valence-electron chi connectivity index (χ3n) is 18.4. The van der Waals surface area contributed by atoms with E-state index in [0.29, 0.717) is 25.7 Å². The SMILES string of the molecule is CCCCCCCCCCCCCCCCCCCCCCC(=O)O[C@H](COC(=O)CCCCCCCCCCCCCCC(C)C)COP(=O)(O)OC[C@@H](O)COP(=O)(O)OC[C@@H](COC(=O)CCCCCCCCC(C)CC)OC(=O)CCCCCCCCC(C)CC. The van der Waals surface area contributed by atoms with Gasteiger partial charge in [-0.25, -0.2) is 9.13 Å². The van der Waals surface area contributed by atoms with E-state index in [0.717, 1.165) is 114 Å². The standard InChI is InChI=1S/C76H148O17P2/c1-8-11-12-13-14-15-16-17-18-19-20-21-22-23-24-29-32-35-45-52-59-75(80)92-71(63-86-73(78)57-50-43-34-31-28-26-25-27-30-33-40-47-54-67(4)5)65-90-94(82,83)88-61-70(77)62-89-95(84,85)91-66-72(93-76(81)60-53-46-39-37-42-49-56-69(7)10-3)64-87-74(79)58-51-44-38-36-41-48-55-68(6)9-2/h67-72,77H,8-66H2,1-7H3,(H,82,83)(H,84,85)/t68?,69?,70-,71-,72-/m1/s1. The number of rotatable bonds is 74. The summed E-state index contributed by atoms with van der Waals surface area (Å²) in [5.41, 5.74) is 0. The minimum atomic E-state index is -4.96. The van der Waals surface area contributed by atoms with Gasteiger partial charge in [-0.2, -0.15) is 0 Å². The molecule has 0 heterocycles. The zero-order valence-electron chi connectivity index (χ0n) is 62.1. The van der Waals surface area contributed by atoms with Crippen molar-refractivity contribution < 1.29 is 80.2 Å². The molecule has 95 heavy (non-hydrogen) atoms. The number of carbonyl (C=O) groups excluding carboxylic acids is 4. The van der Waals surface area contributed by atoms with Crippen LogP contribution >= 0.6 is 15.6 Å². The van der Waals surface area contributed by atoms with Crippen LogP contribution in [-0.2, 0) is 65.4 Å². The Morgan fingerprint density at radius 3 is 0.800 bits per heavy atom. The van der Waals surface area contributed by atoms with Crippen molar-refractivity contribution in [2.45, 2.75) is 407 Å². The molecule has 0 radical (unpaired) electrons. The minimum Gasteiger partial charge on any atom is -0.462 e. The number of aliphatic hydroxyl groups excluding tert-OH is 1. The lowest BCUT2D eigenvalue weighted by atomic mass is 10.00. The lowest BCUT2D eigenvalue weighted by Crippen LogP contribution is -2.30. The van der Waals surface area contributed by atoms with Crippen LogP contribution in [0.5, 0.6) is 0 Å². The Morgan fingerprint density at radius 1 is 0.305 bits per heavy atom. The monoisotopic (exact) mass is 1400 g/mol. The lowest BCUT2D eigenvalue weighted by molar-refractivity contribution is -0.161. The van der Waals surface area contributed by atoms with Crippen LogP contribution in [0.15, 0.2) is 0 Å². The fourth-order valence-electron chi connectivity index (χ4n) is 11.5. The maximum atomic E-state index is 13.1. The summed E-state index contributed by atoms with van der Waals surface area (Å²) < 4.78 is 68.5. The van der Waals surface area contributed by atoms with Crippen LogP contribution in [0.1, 0.15) is 389 Å². The molecule has 4 unspecified atom stereocenters. The van der Waals surface area contributed by atoms with Crippen molar-refractivity contribution in [3.05, 3.63) is 0 Å². The molecule has 0 bridgehead atoms. The van der Waals surface area contributed by atoms with Gasteiger partial charge in [0.05, 0.1) is 26.4 Å². The van der Waals surface area contributed by atoms with Gasteiger partial charge in [0.2, 0.25) is 0 Å². The van der Waals surface area contributed by atoms with Crippen molar-refractivity contribution >= 4 is 39.5 Å². The van der Waals surface area contributed by atoms with Crippen LogP contribution in [0.2, 0.25) is 0 Å². The summed E-state index contributed by atoms with van der Waals surface area (Å²) in [7, 11) is -9.91. The highest BCUT2D eigenvalue weighted by Crippen LogP contribution is 2.45. The van der Waals surface area contributed by atoms with Crippen LogP contribution < -0.4 is 0 Å². The first-order valence-electron chi connectivity index (χ1n) is 39.4. The molecule has 0 rings (SSSR count). The maximum Gasteiger partial charge on any atom is 0.472 e. The smallest absolute Gasteiger partial charge is 0.462 e. The number of phosphoric ester groups is 2. The van der Waals surface area contributed by atoms with Crippen LogP contribution in [0.3, 0.4) is 0 Å². The van der Waals surface area contributed by atoms with E-state index in [2.05, 4.69) is 48.5 Å². The highest BCUT2D eigenvalue weighted by Gasteiger charge is 2.30. The molecule has 0 aromatic carbocycles. The van der Waals surface area contributed by atoms with Gasteiger partial charge < -0.3 is 33.8 Å². The molecule has 0 aromatic rings. The number of unbranched alkanes of at least 4 members (excludes halogenated alkanes) is 40. The molecule has 0 aromatic heterocycles. The van der Waals surface area contributed by atoms with E-state index < -0.39 is 97.5 Å². The minimum absolute atomic E-state index is 0.102. The Bertz CT molecular complexity index is 1860. The van der Waals surface area contributed by atoms with Gasteiger partial charge >= 0.3 is 39.5 Å². The summed E-state index contributed by atoms with van der Waals surface area (Å²) >= 11 is 0. The predicted molar refractivity (Wildman–Crippen MR) is 386 cm³/mol. The molecule has 0 aliphatic heterocycles. The zero-order valence-corrected chi connectivity index (χ0v) is 63.9. The highest BCUT2D eigenvalue weighted by atomic mass is 31.2. The van der Waals surface area contributed by atoms with Gasteiger partial charge in [0.25, 0.3) is 0 Å². The quantitative estimate of drug-likeness (QED) is 0.0222. The molecular weight excluding hydrogens is 1250 g/mol. The van der Waals surface area contributed by atoms with Gasteiger partial charge in [0.15, 0.2) is 12.2 Å². The van der Waals surface area contributed by atoms with Crippen LogP contribution in [-0.4, -0.2) is 96.7 Å². The van der Waals surface area contributed by atoms with Gasteiger partial charge in [0, 0.05) is 25.7 Å². The van der Waals surface area contributed by atoms with E-state index in [9.17, 15) is 43.2 Å². The Kier molecular flexibility index (Phi) is 65.2. The molecule has 0 saturated carbocycles. The molecule has 0 aliphatic rings. The summed E-state index contributed by atoms with van der Waals surface area (Å²) in [5.74, 6) is 0.110. The molecule has 7 atom stereocenters. The predicted octanol–water partition coefficient (Wildman–Crippen LogP) is 22.2. The van der Waals surface area contributed by atoms with E-state index in [1.165, 1.54) is 193 Å². The summed E-state index contributed by atoms with van der Waals surface area (Å²) in [6, 6.07) is 0. The van der Waals surface area contributed by atoms with Gasteiger partial charge in [-0.05, 0) is 43.4 Å². The van der Waals surface area contributed by atoms with Crippen molar-refractivity contribution in [2.24, 2.45) is 17.8 Å². The average Bonchev–Trinajstić information content (AvgIpc) is 1.54. The number of carbonyl (C=O) groups is 4. The third-order valence-corrected chi connectivity index (χ3v) is 20.3. The van der Waals surface area contributed by atoms with Crippen molar-refractivity contribution in [3.63, 3.8) is 0 Å². The first-order chi connectivity index (χ1) is 45.8. The topological polar surface area (TPSA) is 237 Å². The molecular formula is C76H148O17P2. The number of hydrogen-bond acceptors (Lipinski definition) is 15. The van der Waals surface area contributed by atoms with E-state index in [1.807, 2.05) is 0 Å². The fourth-order valence-corrected chi connectivity index (χ4v) is 13.1. The first-order valence-corrected chi connectivity index (χ1v) is 42.4. The van der Waals surface area contributed by atoms with Gasteiger partial charge in [0.1, 0.15) is 19.3 Å². The Hall–Kier alpha value is -1.94. The molecule has 0 fully saturated rings. The second-order valence-electron chi connectivity index (χ2n) is 28.4. The zero-order chi connectivity index (χ0) is 70.1. The normalized spacial score (nSPS) is 14.6. The lowest BCUT2D eigenvalue weighted by Gasteiger charge is -2.21. The van der Waals surface area contributed by atoms with Crippen molar-refractivity contribution in [1.82, 2.24) is 0 Å². The molecule has 19 heteroatoms. The Labute approximate surface area is 581 Å². The van der Waals surface area contributed by atoms with Crippen LogP contribution in [0.25, 0.3) is 0 Å². The van der Waals surface area contributed by atoms with Crippen molar-refractivity contribution in [3.8, 4) is 0 Å². The third kappa shape index (κ3) is 67.6. The fraction of sp³-hybridized carbons (Fsp3) is 0.947. The summed E-state index contributed by atoms with van der Waals surface area (Å²) in [4.78, 5) is 72.8. The summed E-state index contributed by atoms with van der Waals surface area (Å²) in [6.07, 6.45) is 52.9. The van der Waals surface area contributed by atoms with E-state index in [-0.39, 0.29) is 25.7 Å². The summed E-state index contributed by atoms with van der Waals surface area (Å²) in [5, 5.41) is 10.6. The van der Waals surface area contributed by atoms with Crippen LogP contribution in [0.4, 0.5) is 0 Å². The molecule has 0 saturated heterocycles. The molecule has 0 aliphatic carbocycles. The summed E-state index contributed by atoms with van der Waals surface area (Å²) in [6.45, 7) is 11.8. The van der Waals surface area contributed by atoms with Gasteiger partial charge in [-0.1, -0.05) is 337 Å². The van der Waals surface area contributed by atoms with E-state index in [4.69, 9.17) is 37.0 Å². The number of phosphoric acid groups is 2. The van der Waals surface area contributed by atoms with Gasteiger partial charge in [-0.3, -0.25) is 37.3 Å². The molecule has 0 amide bonds. The molecule has 564 valence electrons. The van der Waals surface area contributed by atoms with Crippen molar-refractivity contribution in [1.29, 1.82) is 0 Å².